The molecule has 5 nitrogen and oxygen atoms in total. The van der Waals surface area contributed by atoms with Crippen molar-refractivity contribution in [3.8, 4) is 11.4 Å². The van der Waals surface area contributed by atoms with Gasteiger partial charge in [0.1, 0.15) is 5.75 Å². The van der Waals surface area contributed by atoms with Crippen molar-refractivity contribution in [1.29, 1.82) is 0 Å². The summed E-state index contributed by atoms with van der Waals surface area (Å²) < 4.78 is 12.1. The number of benzene rings is 1. The van der Waals surface area contributed by atoms with Crippen LogP contribution < -0.4 is 4.74 Å². The van der Waals surface area contributed by atoms with Gasteiger partial charge in [-0.05, 0) is 50.5 Å². The number of esters is 1. The van der Waals surface area contributed by atoms with E-state index in [9.17, 15) is 4.79 Å². The molecule has 0 unspecified atom stereocenters. The monoisotopic (exact) mass is 286 g/mol. The van der Waals surface area contributed by atoms with Crippen LogP contribution in [0.25, 0.3) is 5.69 Å². The first-order chi connectivity index (χ1) is 10.2. The number of carbonyl (C=O) groups is 1. The average Bonchev–Trinajstić information content (AvgIpc) is 3.09. The summed E-state index contributed by atoms with van der Waals surface area (Å²) in [7, 11) is 1.64. The van der Waals surface area contributed by atoms with Gasteiger partial charge in [0.25, 0.3) is 0 Å². The molecule has 0 spiro atoms. The maximum Gasteiger partial charge on any atom is 0.359 e. The summed E-state index contributed by atoms with van der Waals surface area (Å²) in [5, 5.41) is 4.48. The number of rotatable bonds is 4. The largest absolute Gasteiger partial charge is 0.497 e. The summed E-state index contributed by atoms with van der Waals surface area (Å²) in [6, 6.07) is 7.67. The van der Waals surface area contributed by atoms with E-state index in [0.29, 0.717) is 12.3 Å². The number of ether oxygens (including phenoxy) is 2. The van der Waals surface area contributed by atoms with Crippen molar-refractivity contribution in [3.05, 3.63) is 41.2 Å². The van der Waals surface area contributed by atoms with Gasteiger partial charge in [-0.2, -0.15) is 5.10 Å². The number of nitrogens with zero attached hydrogens (tertiary/aromatic N) is 2. The molecule has 21 heavy (non-hydrogen) atoms. The van der Waals surface area contributed by atoms with Crippen LogP contribution in [-0.2, 0) is 17.6 Å². The molecule has 2 aromatic rings. The zero-order valence-corrected chi connectivity index (χ0v) is 12.3. The number of carbonyl (C=O) groups excluding carboxylic acids is 1. The Balaban J connectivity index is 2.02. The number of fused-ring (bicyclic) bond motifs is 1. The molecule has 0 bridgehead atoms. The van der Waals surface area contributed by atoms with E-state index in [1.165, 1.54) is 0 Å². The van der Waals surface area contributed by atoms with Crippen molar-refractivity contribution < 1.29 is 14.3 Å². The van der Waals surface area contributed by atoms with E-state index < -0.39 is 0 Å². The number of hydrogen-bond acceptors (Lipinski definition) is 4. The van der Waals surface area contributed by atoms with E-state index in [1.54, 1.807) is 14.0 Å². The highest BCUT2D eigenvalue weighted by Gasteiger charge is 2.27. The fourth-order valence-electron chi connectivity index (χ4n) is 2.74. The second-order valence-corrected chi connectivity index (χ2v) is 4.96. The van der Waals surface area contributed by atoms with Crippen molar-refractivity contribution in [2.24, 2.45) is 0 Å². The molecule has 1 aromatic carbocycles. The third-order valence-corrected chi connectivity index (χ3v) is 3.72. The Morgan fingerprint density at radius 2 is 2.05 bits per heavy atom. The molecule has 0 N–H and O–H groups in total. The highest BCUT2D eigenvalue weighted by Crippen LogP contribution is 2.28. The Morgan fingerprint density at radius 1 is 1.29 bits per heavy atom. The molecule has 0 fully saturated rings. The third-order valence-electron chi connectivity index (χ3n) is 3.72. The summed E-state index contributed by atoms with van der Waals surface area (Å²) in [5.74, 6) is 0.469. The SMILES string of the molecule is CCOC(=O)c1nn(-c2ccc(OC)cc2)c2c1CCC2. The van der Waals surface area contributed by atoms with Crippen LogP contribution in [0, 0.1) is 0 Å². The lowest BCUT2D eigenvalue weighted by Crippen LogP contribution is -2.09. The van der Waals surface area contributed by atoms with E-state index in [-0.39, 0.29) is 5.97 Å². The van der Waals surface area contributed by atoms with E-state index >= 15 is 0 Å². The fourth-order valence-corrected chi connectivity index (χ4v) is 2.74. The van der Waals surface area contributed by atoms with Crippen molar-refractivity contribution in [1.82, 2.24) is 9.78 Å². The standard InChI is InChI=1S/C16H18N2O3/c1-3-21-16(19)15-13-5-4-6-14(13)18(17-15)11-7-9-12(20-2)10-8-11/h7-10H,3-6H2,1-2H3. The van der Waals surface area contributed by atoms with Crippen LogP contribution in [0.3, 0.4) is 0 Å². The third kappa shape index (κ3) is 2.39. The highest BCUT2D eigenvalue weighted by atomic mass is 16.5. The number of aromatic nitrogens is 2. The number of methoxy groups -OCH3 is 1. The van der Waals surface area contributed by atoms with Gasteiger partial charge in [0.05, 0.1) is 19.4 Å². The molecule has 0 aliphatic heterocycles. The van der Waals surface area contributed by atoms with Crippen LogP contribution in [-0.4, -0.2) is 29.5 Å². The van der Waals surface area contributed by atoms with Gasteiger partial charge in [0.15, 0.2) is 5.69 Å². The highest BCUT2D eigenvalue weighted by molar-refractivity contribution is 5.89. The Kier molecular flexibility index (Phi) is 3.64. The second kappa shape index (κ2) is 5.60. The maximum atomic E-state index is 12.0. The second-order valence-electron chi connectivity index (χ2n) is 4.96. The quantitative estimate of drug-likeness (QED) is 0.811. The first kappa shape index (κ1) is 13.7. The van der Waals surface area contributed by atoms with Gasteiger partial charge in [-0.3, -0.25) is 0 Å². The van der Waals surface area contributed by atoms with E-state index in [4.69, 9.17) is 9.47 Å². The maximum absolute atomic E-state index is 12.0. The van der Waals surface area contributed by atoms with Crippen LogP contribution >= 0.6 is 0 Å². The van der Waals surface area contributed by atoms with Crippen molar-refractivity contribution in [2.45, 2.75) is 26.2 Å². The molecule has 5 heteroatoms. The topological polar surface area (TPSA) is 53.3 Å². The van der Waals surface area contributed by atoms with Gasteiger partial charge in [-0.1, -0.05) is 0 Å². The molecule has 0 amide bonds. The predicted octanol–water partition coefficient (Wildman–Crippen LogP) is 2.55. The minimum atomic E-state index is -0.331. The Labute approximate surface area is 123 Å². The molecule has 1 aliphatic carbocycles. The molecule has 0 saturated heterocycles. The van der Waals surface area contributed by atoms with Gasteiger partial charge in [0.2, 0.25) is 0 Å². The van der Waals surface area contributed by atoms with E-state index in [1.807, 2.05) is 28.9 Å². The summed E-state index contributed by atoms with van der Waals surface area (Å²) in [5.41, 5.74) is 3.54. The van der Waals surface area contributed by atoms with Gasteiger partial charge in [0, 0.05) is 11.3 Å². The molecule has 0 atom stereocenters. The predicted molar refractivity (Wildman–Crippen MR) is 78.1 cm³/mol. The first-order valence-corrected chi connectivity index (χ1v) is 7.17. The molecule has 1 aliphatic rings. The Bertz CT molecular complexity index is 659. The van der Waals surface area contributed by atoms with Crippen LogP contribution in [0.1, 0.15) is 35.1 Å². The normalized spacial score (nSPS) is 13.0. The van der Waals surface area contributed by atoms with E-state index in [0.717, 1.165) is 42.0 Å². The van der Waals surface area contributed by atoms with Crippen LogP contribution in [0.15, 0.2) is 24.3 Å². The zero-order chi connectivity index (χ0) is 14.8. The van der Waals surface area contributed by atoms with Crippen LogP contribution in [0.2, 0.25) is 0 Å². The molecule has 0 saturated carbocycles. The molecule has 0 radical (unpaired) electrons. The smallest absolute Gasteiger partial charge is 0.359 e. The van der Waals surface area contributed by atoms with Crippen LogP contribution in [0.5, 0.6) is 5.75 Å². The minimum absolute atomic E-state index is 0.331. The van der Waals surface area contributed by atoms with Crippen molar-refractivity contribution in [3.63, 3.8) is 0 Å². The molecular weight excluding hydrogens is 268 g/mol. The van der Waals surface area contributed by atoms with E-state index in [2.05, 4.69) is 5.10 Å². The Hall–Kier alpha value is -2.30. The summed E-state index contributed by atoms with van der Waals surface area (Å²) in [6.07, 6.45) is 2.88. The fraction of sp³-hybridized carbons (Fsp3) is 0.375. The van der Waals surface area contributed by atoms with Crippen LogP contribution in [0.4, 0.5) is 0 Å². The molecule has 3 rings (SSSR count). The summed E-state index contributed by atoms with van der Waals surface area (Å²) in [4.78, 5) is 12.0. The van der Waals surface area contributed by atoms with Crippen molar-refractivity contribution in [2.75, 3.05) is 13.7 Å². The average molecular weight is 286 g/mol. The van der Waals surface area contributed by atoms with Gasteiger partial charge in [-0.15, -0.1) is 0 Å². The lowest BCUT2D eigenvalue weighted by atomic mass is 10.2. The lowest BCUT2D eigenvalue weighted by Gasteiger charge is -2.06. The molecule has 110 valence electrons. The molecule has 1 heterocycles. The van der Waals surface area contributed by atoms with Gasteiger partial charge in [-0.25, -0.2) is 9.48 Å². The molecular formula is C16H18N2O3. The molecule has 1 aromatic heterocycles. The zero-order valence-electron chi connectivity index (χ0n) is 12.3. The summed E-state index contributed by atoms with van der Waals surface area (Å²) in [6.45, 7) is 2.17. The van der Waals surface area contributed by atoms with Gasteiger partial charge < -0.3 is 9.47 Å². The Morgan fingerprint density at radius 3 is 2.71 bits per heavy atom. The lowest BCUT2D eigenvalue weighted by molar-refractivity contribution is 0.0517. The summed E-state index contributed by atoms with van der Waals surface area (Å²) >= 11 is 0. The first-order valence-electron chi connectivity index (χ1n) is 7.17. The van der Waals surface area contributed by atoms with Crippen molar-refractivity contribution >= 4 is 5.97 Å². The minimum Gasteiger partial charge on any atom is -0.497 e. The number of hydrogen-bond donors (Lipinski definition) is 0. The van der Waals surface area contributed by atoms with Gasteiger partial charge >= 0.3 is 5.97 Å².